The van der Waals surface area contributed by atoms with Crippen LogP contribution >= 0.6 is 0 Å². The number of hydrogen-bond acceptors (Lipinski definition) is 3. The summed E-state index contributed by atoms with van der Waals surface area (Å²) in [6.07, 6.45) is 3.61. The van der Waals surface area contributed by atoms with E-state index < -0.39 is 5.54 Å². The Hall–Kier alpha value is -1.08. The molecule has 0 aliphatic carbocycles. The van der Waals surface area contributed by atoms with E-state index in [4.69, 9.17) is 5.26 Å². The molecule has 96 valence electrons. The molecule has 1 atom stereocenters. The Morgan fingerprint density at radius 1 is 1.41 bits per heavy atom. The molecule has 1 saturated heterocycles. The summed E-state index contributed by atoms with van der Waals surface area (Å²) in [7, 11) is 0. The molecule has 17 heavy (non-hydrogen) atoms. The molecule has 1 unspecified atom stereocenters. The number of hydrogen-bond donors (Lipinski definition) is 1. The van der Waals surface area contributed by atoms with Gasteiger partial charge in [0.25, 0.3) is 0 Å². The molecular formula is C13H23N3O. The highest BCUT2D eigenvalue weighted by molar-refractivity contribution is 5.79. The maximum absolute atomic E-state index is 11.9. The van der Waals surface area contributed by atoms with Crippen LogP contribution in [-0.2, 0) is 4.79 Å². The van der Waals surface area contributed by atoms with Crippen molar-refractivity contribution in [2.45, 2.75) is 45.6 Å². The lowest BCUT2D eigenvalue weighted by Gasteiger charge is -2.30. The van der Waals surface area contributed by atoms with Crippen LogP contribution in [0.2, 0.25) is 0 Å². The minimum absolute atomic E-state index is 0.0374. The van der Waals surface area contributed by atoms with Crippen LogP contribution in [0, 0.1) is 17.2 Å². The van der Waals surface area contributed by atoms with Gasteiger partial charge < -0.3 is 5.32 Å². The summed E-state index contributed by atoms with van der Waals surface area (Å²) in [5.74, 6) is 0.0717. The van der Waals surface area contributed by atoms with Crippen LogP contribution in [0.1, 0.15) is 40.0 Å². The van der Waals surface area contributed by atoms with Gasteiger partial charge in [0, 0.05) is 0 Å². The molecule has 1 aliphatic heterocycles. The van der Waals surface area contributed by atoms with Crippen molar-refractivity contribution in [1.82, 2.24) is 10.2 Å². The Morgan fingerprint density at radius 3 is 2.47 bits per heavy atom. The van der Waals surface area contributed by atoms with Crippen molar-refractivity contribution in [3.8, 4) is 6.07 Å². The van der Waals surface area contributed by atoms with Gasteiger partial charge in [0.2, 0.25) is 5.91 Å². The van der Waals surface area contributed by atoms with Gasteiger partial charge in [-0.25, -0.2) is 0 Å². The van der Waals surface area contributed by atoms with Crippen LogP contribution in [0.3, 0.4) is 0 Å². The van der Waals surface area contributed by atoms with Crippen molar-refractivity contribution in [2.24, 2.45) is 5.92 Å². The quantitative estimate of drug-likeness (QED) is 0.806. The van der Waals surface area contributed by atoms with Crippen LogP contribution in [0.25, 0.3) is 0 Å². The summed E-state index contributed by atoms with van der Waals surface area (Å²) < 4.78 is 0. The second kappa shape index (κ2) is 6.02. The fourth-order valence-electron chi connectivity index (χ4n) is 1.95. The predicted molar refractivity (Wildman–Crippen MR) is 67.3 cm³/mol. The van der Waals surface area contributed by atoms with E-state index in [2.05, 4.69) is 16.3 Å². The number of nitrogens with one attached hydrogen (secondary N) is 1. The third kappa shape index (κ3) is 4.01. The minimum Gasteiger partial charge on any atom is -0.337 e. The van der Waals surface area contributed by atoms with E-state index in [1.54, 1.807) is 6.92 Å². The van der Waals surface area contributed by atoms with Gasteiger partial charge in [0.1, 0.15) is 5.54 Å². The summed E-state index contributed by atoms with van der Waals surface area (Å²) in [6, 6.07) is 2.20. The summed E-state index contributed by atoms with van der Waals surface area (Å²) in [4.78, 5) is 14.0. The number of rotatable bonds is 4. The van der Waals surface area contributed by atoms with Gasteiger partial charge >= 0.3 is 0 Å². The highest BCUT2D eigenvalue weighted by Gasteiger charge is 2.30. The lowest BCUT2D eigenvalue weighted by atomic mass is 9.90. The van der Waals surface area contributed by atoms with Crippen LogP contribution in [0.15, 0.2) is 0 Å². The molecule has 1 aliphatic rings. The molecule has 0 aromatic carbocycles. The fourth-order valence-corrected chi connectivity index (χ4v) is 1.95. The van der Waals surface area contributed by atoms with Crippen LogP contribution < -0.4 is 5.32 Å². The second-order valence-corrected chi connectivity index (χ2v) is 5.35. The van der Waals surface area contributed by atoms with E-state index in [-0.39, 0.29) is 11.8 Å². The predicted octanol–water partition coefficient (Wildman–Crippen LogP) is 1.53. The standard InChI is InChI=1S/C13H23N3O/c1-11(2)13(3,10-14)15-12(17)9-16-7-5-4-6-8-16/h11H,4-9H2,1-3H3,(H,15,17). The fraction of sp³-hybridized carbons (Fsp3) is 0.846. The number of nitrogens with zero attached hydrogens (tertiary/aromatic N) is 2. The topological polar surface area (TPSA) is 56.1 Å². The van der Waals surface area contributed by atoms with Crippen molar-refractivity contribution >= 4 is 5.91 Å². The van der Waals surface area contributed by atoms with E-state index in [1.807, 2.05) is 13.8 Å². The van der Waals surface area contributed by atoms with E-state index in [1.165, 1.54) is 19.3 Å². The molecule has 0 radical (unpaired) electrons. The molecule has 1 heterocycles. The van der Waals surface area contributed by atoms with Gasteiger partial charge in [-0.1, -0.05) is 20.3 Å². The summed E-state index contributed by atoms with van der Waals surface area (Å²) in [5, 5.41) is 12.0. The molecule has 0 aromatic heterocycles. The first-order valence-electron chi connectivity index (χ1n) is 6.42. The van der Waals surface area contributed by atoms with E-state index in [9.17, 15) is 4.79 Å². The molecule has 0 bridgehead atoms. The summed E-state index contributed by atoms with van der Waals surface area (Å²) >= 11 is 0. The van der Waals surface area contributed by atoms with Gasteiger partial charge in [0.05, 0.1) is 12.6 Å². The Morgan fingerprint density at radius 2 is 2.00 bits per heavy atom. The monoisotopic (exact) mass is 237 g/mol. The number of piperidine rings is 1. The van der Waals surface area contributed by atoms with Crippen LogP contribution in [0.4, 0.5) is 0 Å². The highest BCUT2D eigenvalue weighted by Crippen LogP contribution is 2.15. The minimum atomic E-state index is -0.757. The van der Waals surface area contributed by atoms with Crippen molar-refractivity contribution in [3.05, 3.63) is 0 Å². The lowest BCUT2D eigenvalue weighted by Crippen LogP contribution is -2.52. The molecule has 1 amide bonds. The van der Waals surface area contributed by atoms with Gasteiger partial charge in [-0.2, -0.15) is 5.26 Å². The first kappa shape index (κ1) is 14.0. The normalized spacial score (nSPS) is 20.6. The van der Waals surface area contributed by atoms with Crippen molar-refractivity contribution in [3.63, 3.8) is 0 Å². The lowest BCUT2D eigenvalue weighted by molar-refractivity contribution is -0.124. The first-order chi connectivity index (χ1) is 7.98. The third-order valence-electron chi connectivity index (χ3n) is 3.60. The second-order valence-electron chi connectivity index (χ2n) is 5.35. The summed E-state index contributed by atoms with van der Waals surface area (Å²) in [5.41, 5.74) is -0.757. The molecule has 1 rings (SSSR count). The Balaban J connectivity index is 2.45. The number of carbonyl (C=O) groups is 1. The van der Waals surface area contributed by atoms with Crippen molar-refractivity contribution < 1.29 is 4.79 Å². The number of nitriles is 1. The van der Waals surface area contributed by atoms with Gasteiger partial charge in [-0.05, 0) is 38.8 Å². The maximum atomic E-state index is 11.9. The molecule has 4 nitrogen and oxygen atoms in total. The number of carbonyl (C=O) groups excluding carboxylic acids is 1. The molecular weight excluding hydrogens is 214 g/mol. The zero-order chi connectivity index (χ0) is 12.9. The van der Waals surface area contributed by atoms with Gasteiger partial charge in [-0.15, -0.1) is 0 Å². The maximum Gasteiger partial charge on any atom is 0.235 e. The SMILES string of the molecule is CC(C)C(C)(C#N)NC(=O)CN1CCCCC1. The van der Waals surface area contributed by atoms with Crippen molar-refractivity contribution in [2.75, 3.05) is 19.6 Å². The third-order valence-corrected chi connectivity index (χ3v) is 3.60. The summed E-state index contributed by atoms with van der Waals surface area (Å²) in [6.45, 7) is 8.10. The molecule has 1 N–H and O–H groups in total. The average molecular weight is 237 g/mol. The highest BCUT2D eigenvalue weighted by atomic mass is 16.2. The van der Waals surface area contributed by atoms with Gasteiger partial charge in [0.15, 0.2) is 0 Å². The first-order valence-corrected chi connectivity index (χ1v) is 6.42. The molecule has 0 aromatic rings. The van der Waals surface area contributed by atoms with Crippen molar-refractivity contribution in [1.29, 1.82) is 5.26 Å². The molecule has 0 spiro atoms. The molecule has 0 saturated carbocycles. The zero-order valence-electron chi connectivity index (χ0n) is 11.1. The Kier molecular flexibility index (Phi) is 4.95. The zero-order valence-corrected chi connectivity index (χ0v) is 11.1. The Bertz CT molecular complexity index is 302. The van der Waals surface area contributed by atoms with Crippen LogP contribution in [-0.4, -0.2) is 36.0 Å². The van der Waals surface area contributed by atoms with E-state index in [0.29, 0.717) is 6.54 Å². The number of amides is 1. The largest absolute Gasteiger partial charge is 0.337 e. The van der Waals surface area contributed by atoms with E-state index in [0.717, 1.165) is 13.1 Å². The van der Waals surface area contributed by atoms with Gasteiger partial charge in [-0.3, -0.25) is 9.69 Å². The van der Waals surface area contributed by atoms with Crippen LogP contribution in [0.5, 0.6) is 0 Å². The Labute approximate surface area is 104 Å². The van der Waals surface area contributed by atoms with E-state index >= 15 is 0 Å². The number of likely N-dealkylation sites (tertiary alicyclic amines) is 1. The smallest absolute Gasteiger partial charge is 0.235 e. The average Bonchev–Trinajstić information content (AvgIpc) is 2.29. The molecule has 4 heteroatoms. The molecule has 1 fully saturated rings.